The van der Waals surface area contributed by atoms with Gasteiger partial charge >= 0.3 is 0 Å². The number of fused-ring (bicyclic) bond motifs is 1. The summed E-state index contributed by atoms with van der Waals surface area (Å²) in [6.07, 6.45) is 8.95. The predicted octanol–water partition coefficient (Wildman–Crippen LogP) is 5.68. The lowest BCUT2D eigenvalue weighted by Gasteiger charge is -2.56. The highest BCUT2D eigenvalue weighted by molar-refractivity contribution is 7.10. The van der Waals surface area contributed by atoms with E-state index in [1.54, 1.807) is 11.3 Å². The molecule has 4 nitrogen and oxygen atoms in total. The SMILES string of the molecule is CCCN(CC(=O)N1CCc2sccc2C1c1ccccc1)C(=O)C12CC3CC(CC(C3)C1)C2. The van der Waals surface area contributed by atoms with Gasteiger partial charge in [-0.2, -0.15) is 0 Å². The minimum atomic E-state index is -0.189. The maximum absolute atomic E-state index is 14.1. The Kier molecular flexibility index (Phi) is 5.79. The second kappa shape index (κ2) is 8.82. The number of thiophene rings is 1. The predicted molar refractivity (Wildman–Crippen MR) is 135 cm³/mol. The molecule has 34 heavy (non-hydrogen) atoms. The van der Waals surface area contributed by atoms with E-state index in [4.69, 9.17) is 0 Å². The third-order valence-corrected chi connectivity index (χ3v) is 10.00. The van der Waals surface area contributed by atoms with E-state index in [0.717, 1.165) is 62.0 Å². The van der Waals surface area contributed by atoms with Gasteiger partial charge in [-0.1, -0.05) is 37.3 Å². The topological polar surface area (TPSA) is 40.6 Å². The zero-order chi connectivity index (χ0) is 23.3. The highest BCUT2D eigenvalue weighted by Crippen LogP contribution is 2.60. The van der Waals surface area contributed by atoms with Gasteiger partial charge in [-0.05, 0) is 91.7 Å². The zero-order valence-corrected chi connectivity index (χ0v) is 21.1. The molecule has 0 saturated heterocycles. The van der Waals surface area contributed by atoms with Gasteiger partial charge in [-0.25, -0.2) is 0 Å². The van der Waals surface area contributed by atoms with Crippen LogP contribution in [0.2, 0.25) is 0 Å². The first kappa shape index (κ1) is 22.3. The maximum atomic E-state index is 14.1. The Bertz CT molecular complexity index is 1030. The Morgan fingerprint density at radius 3 is 2.35 bits per heavy atom. The second-order valence-electron chi connectivity index (χ2n) is 11.4. The van der Waals surface area contributed by atoms with E-state index >= 15 is 0 Å². The van der Waals surface area contributed by atoms with Crippen molar-refractivity contribution < 1.29 is 9.59 Å². The fourth-order valence-corrected chi connectivity index (χ4v) is 8.97. The van der Waals surface area contributed by atoms with Crippen molar-refractivity contribution in [2.75, 3.05) is 19.6 Å². The molecule has 180 valence electrons. The van der Waals surface area contributed by atoms with Crippen molar-refractivity contribution in [1.29, 1.82) is 0 Å². The monoisotopic (exact) mass is 476 g/mol. The molecule has 0 spiro atoms. The Balaban J connectivity index is 1.25. The largest absolute Gasteiger partial charge is 0.333 e. The molecule has 4 aliphatic carbocycles. The third kappa shape index (κ3) is 3.80. The minimum Gasteiger partial charge on any atom is -0.333 e. The van der Waals surface area contributed by atoms with Crippen LogP contribution in [0.25, 0.3) is 0 Å². The Morgan fingerprint density at radius 1 is 1.03 bits per heavy atom. The van der Waals surface area contributed by atoms with E-state index in [9.17, 15) is 9.59 Å². The summed E-state index contributed by atoms with van der Waals surface area (Å²) in [5.74, 6) is 2.58. The van der Waals surface area contributed by atoms with Gasteiger partial charge in [0.2, 0.25) is 11.8 Å². The number of hydrogen-bond acceptors (Lipinski definition) is 3. The van der Waals surface area contributed by atoms with Crippen LogP contribution in [0.15, 0.2) is 41.8 Å². The van der Waals surface area contributed by atoms with Gasteiger partial charge in [0.15, 0.2) is 0 Å². The molecule has 1 aliphatic heterocycles. The fraction of sp³-hybridized carbons (Fsp3) is 0.586. The lowest BCUT2D eigenvalue weighted by Crippen LogP contribution is -2.56. The lowest BCUT2D eigenvalue weighted by atomic mass is 9.49. The molecule has 5 aliphatic rings. The minimum absolute atomic E-state index is 0.0539. The fourth-order valence-electron chi connectivity index (χ4n) is 8.06. The molecule has 7 rings (SSSR count). The Morgan fingerprint density at radius 2 is 1.71 bits per heavy atom. The number of amides is 2. The van der Waals surface area contributed by atoms with Gasteiger partial charge in [-0.15, -0.1) is 11.3 Å². The van der Waals surface area contributed by atoms with Crippen LogP contribution in [0, 0.1) is 23.2 Å². The molecule has 1 aromatic heterocycles. The summed E-state index contributed by atoms with van der Waals surface area (Å²) < 4.78 is 0. The number of benzene rings is 1. The summed E-state index contributed by atoms with van der Waals surface area (Å²) in [5.41, 5.74) is 2.22. The van der Waals surface area contributed by atoms with E-state index in [2.05, 4.69) is 42.6 Å². The standard InChI is InChI=1S/C29H36N2O2S/c1-2-10-30(28(33)29-16-20-13-21(17-29)15-22(14-20)18-29)19-26(32)31-11-8-25-24(9-12-34-25)27(31)23-6-4-3-5-7-23/h3-7,9,12,20-22,27H,2,8,10-11,13-19H2,1H3. The number of hydrogen-bond donors (Lipinski definition) is 0. The first-order chi connectivity index (χ1) is 16.6. The normalized spacial score (nSPS) is 31.4. The Labute approximate surface area is 207 Å². The van der Waals surface area contributed by atoms with E-state index in [0.29, 0.717) is 6.54 Å². The molecule has 2 aromatic rings. The smallest absolute Gasteiger partial charge is 0.242 e. The molecule has 4 fully saturated rings. The highest BCUT2D eigenvalue weighted by atomic mass is 32.1. The van der Waals surface area contributed by atoms with Crippen LogP contribution < -0.4 is 0 Å². The number of carbonyl (C=O) groups excluding carboxylic acids is 2. The number of nitrogens with zero attached hydrogens (tertiary/aromatic N) is 2. The molecule has 1 aromatic carbocycles. The van der Waals surface area contributed by atoms with Crippen LogP contribution >= 0.6 is 11.3 Å². The molecular weight excluding hydrogens is 440 g/mol. The second-order valence-corrected chi connectivity index (χ2v) is 12.4. The van der Waals surface area contributed by atoms with Gasteiger partial charge in [0.05, 0.1) is 18.0 Å². The summed E-state index contributed by atoms with van der Waals surface area (Å²) in [6.45, 7) is 3.74. The van der Waals surface area contributed by atoms with Crippen molar-refractivity contribution in [3.8, 4) is 0 Å². The van der Waals surface area contributed by atoms with Crippen molar-refractivity contribution in [2.24, 2.45) is 23.2 Å². The van der Waals surface area contributed by atoms with Gasteiger partial charge in [0, 0.05) is 18.0 Å². The first-order valence-electron chi connectivity index (χ1n) is 13.3. The molecule has 2 heterocycles. The average Bonchev–Trinajstić information content (AvgIpc) is 3.31. The van der Waals surface area contributed by atoms with Gasteiger partial charge < -0.3 is 9.80 Å². The first-order valence-corrected chi connectivity index (χ1v) is 14.1. The lowest BCUT2D eigenvalue weighted by molar-refractivity contribution is -0.160. The third-order valence-electron chi connectivity index (χ3n) is 9.00. The van der Waals surface area contributed by atoms with E-state index in [-0.39, 0.29) is 29.8 Å². The molecule has 1 unspecified atom stereocenters. The van der Waals surface area contributed by atoms with Crippen LogP contribution in [0.4, 0.5) is 0 Å². The van der Waals surface area contributed by atoms with Gasteiger partial charge in [0.25, 0.3) is 0 Å². The van der Waals surface area contributed by atoms with E-state index < -0.39 is 0 Å². The molecule has 5 heteroatoms. The van der Waals surface area contributed by atoms with Crippen LogP contribution in [-0.2, 0) is 16.0 Å². The van der Waals surface area contributed by atoms with Crippen LogP contribution in [-0.4, -0.2) is 41.2 Å². The average molecular weight is 477 g/mol. The van der Waals surface area contributed by atoms with Crippen LogP contribution in [0.1, 0.15) is 73.9 Å². The van der Waals surface area contributed by atoms with Crippen molar-refractivity contribution in [1.82, 2.24) is 9.80 Å². The molecule has 4 saturated carbocycles. The van der Waals surface area contributed by atoms with Gasteiger partial charge in [0.1, 0.15) is 0 Å². The van der Waals surface area contributed by atoms with E-state index in [1.807, 2.05) is 15.9 Å². The van der Waals surface area contributed by atoms with E-state index in [1.165, 1.54) is 29.7 Å². The molecule has 2 amide bonds. The maximum Gasteiger partial charge on any atom is 0.242 e. The summed E-state index contributed by atoms with van der Waals surface area (Å²) in [5, 5.41) is 2.15. The summed E-state index contributed by atoms with van der Waals surface area (Å²) in [7, 11) is 0. The number of carbonyl (C=O) groups is 2. The van der Waals surface area contributed by atoms with Crippen LogP contribution in [0.3, 0.4) is 0 Å². The molecule has 0 radical (unpaired) electrons. The molecule has 0 N–H and O–H groups in total. The van der Waals surface area contributed by atoms with Gasteiger partial charge in [-0.3, -0.25) is 9.59 Å². The number of rotatable bonds is 6. The van der Waals surface area contributed by atoms with Crippen LogP contribution in [0.5, 0.6) is 0 Å². The Hall–Kier alpha value is -2.14. The molecule has 4 bridgehead atoms. The van der Waals surface area contributed by atoms with Crippen molar-refractivity contribution in [2.45, 2.75) is 64.3 Å². The highest BCUT2D eigenvalue weighted by Gasteiger charge is 2.55. The molecule has 1 atom stereocenters. The molecular formula is C29H36N2O2S. The summed E-state index contributed by atoms with van der Waals surface area (Å²) in [6, 6.07) is 12.5. The van der Waals surface area contributed by atoms with Crippen molar-refractivity contribution in [3.05, 3.63) is 57.8 Å². The summed E-state index contributed by atoms with van der Waals surface area (Å²) >= 11 is 1.79. The van der Waals surface area contributed by atoms with Crippen molar-refractivity contribution in [3.63, 3.8) is 0 Å². The zero-order valence-electron chi connectivity index (χ0n) is 20.2. The van der Waals surface area contributed by atoms with Crippen molar-refractivity contribution >= 4 is 23.2 Å². The quantitative estimate of drug-likeness (QED) is 0.538. The summed E-state index contributed by atoms with van der Waals surface area (Å²) in [4.78, 5) is 33.3.